The summed E-state index contributed by atoms with van der Waals surface area (Å²) in [7, 11) is 1.70. The van der Waals surface area contributed by atoms with Crippen LogP contribution in [0.4, 0.5) is 0 Å². The van der Waals surface area contributed by atoms with Crippen molar-refractivity contribution < 1.29 is 4.74 Å². The number of aromatic nitrogens is 2. The van der Waals surface area contributed by atoms with Gasteiger partial charge in [0.25, 0.3) is 0 Å². The normalized spacial score (nSPS) is 11.3. The molecule has 0 atom stereocenters. The lowest BCUT2D eigenvalue weighted by molar-refractivity contribution is 0.399. The second-order valence-corrected chi connectivity index (χ2v) is 5.23. The van der Waals surface area contributed by atoms with Crippen molar-refractivity contribution in [3.8, 4) is 17.0 Å². The Morgan fingerprint density at radius 3 is 2.44 bits per heavy atom. The predicted molar refractivity (Wildman–Crippen MR) is 72.7 cm³/mol. The maximum absolute atomic E-state index is 5.59. The van der Waals surface area contributed by atoms with Crippen LogP contribution in [0.3, 0.4) is 0 Å². The van der Waals surface area contributed by atoms with Crippen LogP contribution in [-0.2, 0) is 5.41 Å². The zero-order valence-corrected chi connectivity index (χ0v) is 11.3. The van der Waals surface area contributed by atoms with Crippen LogP contribution in [0, 0.1) is 0 Å². The van der Waals surface area contributed by atoms with Crippen molar-refractivity contribution in [3.63, 3.8) is 0 Å². The van der Waals surface area contributed by atoms with E-state index in [1.807, 2.05) is 12.1 Å². The van der Waals surface area contributed by atoms with Crippen molar-refractivity contribution in [1.29, 1.82) is 0 Å². The number of nitrogens with zero attached hydrogens (tertiary/aromatic N) is 2. The van der Waals surface area contributed by atoms with Gasteiger partial charge in [-0.3, -0.25) is 9.97 Å². The molecular formula is C15H18N2O. The summed E-state index contributed by atoms with van der Waals surface area (Å²) in [6.07, 6.45) is 5.12. The molecule has 0 radical (unpaired) electrons. The first-order valence-electron chi connectivity index (χ1n) is 5.98. The maximum Gasteiger partial charge on any atom is 0.132 e. The highest BCUT2D eigenvalue weighted by Gasteiger charge is 2.21. The van der Waals surface area contributed by atoms with Gasteiger partial charge in [-0.15, -0.1) is 0 Å². The van der Waals surface area contributed by atoms with E-state index in [0.29, 0.717) is 0 Å². The highest BCUT2D eigenvalue weighted by atomic mass is 16.5. The lowest BCUT2D eigenvalue weighted by Gasteiger charge is -2.23. The van der Waals surface area contributed by atoms with E-state index in [1.54, 1.807) is 25.7 Å². The molecule has 0 aliphatic heterocycles. The van der Waals surface area contributed by atoms with E-state index in [4.69, 9.17) is 4.74 Å². The Kier molecular flexibility index (Phi) is 3.32. The summed E-state index contributed by atoms with van der Waals surface area (Å²) in [5, 5.41) is 0. The minimum absolute atomic E-state index is 0.0313. The first-order valence-corrected chi connectivity index (χ1v) is 5.98. The third-order valence-electron chi connectivity index (χ3n) is 2.87. The van der Waals surface area contributed by atoms with Crippen molar-refractivity contribution in [2.75, 3.05) is 7.11 Å². The van der Waals surface area contributed by atoms with Gasteiger partial charge in [0.15, 0.2) is 0 Å². The Morgan fingerprint density at radius 1 is 1.11 bits per heavy atom. The fraction of sp³-hybridized carbons (Fsp3) is 0.333. The first kappa shape index (κ1) is 12.6. The van der Waals surface area contributed by atoms with Gasteiger partial charge in [0, 0.05) is 23.5 Å². The van der Waals surface area contributed by atoms with Crippen LogP contribution in [0.5, 0.6) is 5.75 Å². The van der Waals surface area contributed by atoms with Crippen molar-refractivity contribution in [2.45, 2.75) is 26.2 Å². The van der Waals surface area contributed by atoms with E-state index in [-0.39, 0.29) is 5.41 Å². The van der Waals surface area contributed by atoms with E-state index in [2.05, 4.69) is 36.8 Å². The molecule has 0 N–H and O–H groups in total. The molecule has 94 valence electrons. The Bertz CT molecular complexity index is 530. The fourth-order valence-corrected chi connectivity index (χ4v) is 1.99. The van der Waals surface area contributed by atoms with Gasteiger partial charge >= 0.3 is 0 Å². The third-order valence-corrected chi connectivity index (χ3v) is 2.87. The summed E-state index contributed by atoms with van der Waals surface area (Å²) >= 11 is 0. The smallest absolute Gasteiger partial charge is 0.132 e. The molecule has 0 unspecified atom stereocenters. The average Bonchev–Trinajstić information content (AvgIpc) is 2.37. The van der Waals surface area contributed by atoms with E-state index < -0.39 is 0 Å². The Hall–Kier alpha value is -1.90. The van der Waals surface area contributed by atoms with Gasteiger partial charge in [-0.1, -0.05) is 32.9 Å². The fourth-order valence-electron chi connectivity index (χ4n) is 1.99. The zero-order chi connectivity index (χ0) is 13.2. The van der Waals surface area contributed by atoms with Crippen molar-refractivity contribution in [1.82, 2.24) is 9.97 Å². The second kappa shape index (κ2) is 4.77. The molecule has 1 heterocycles. The van der Waals surface area contributed by atoms with Crippen LogP contribution in [0.15, 0.2) is 36.8 Å². The second-order valence-electron chi connectivity index (χ2n) is 5.23. The third kappa shape index (κ3) is 2.35. The molecule has 3 nitrogen and oxygen atoms in total. The SMILES string of the molecule is COc1c(-c2cnccn2)cccc1C(C)(C)C. The number of hydrogen-bond acceptors (Lipinski definition) is 3. The molecule has 0 saturated carbocycles. The molecule has 2 aromatic rings. The minimum atomic E-state index is 0.0313. The summed E-state index contributed by atoms with van der Waals surface area (Å²) in [5.41, 5.74) is 3.02. The van der Waals surface area contributed by atoms with Gasteiger partial charge in [-0.25, -0.2) is 0 Å². The quantitative estimate of drug-likeness (QED) is 0.809. The Morgan fingerprint density at radius 2 is 1.89 bits per heavy atom. The summed E-state index contributed by atoms with van der Waals surface area (Å²) in [6.45, 7) is 6.52. The average molecular weight is 242 g/mol. The van der Waals surface area contributed by atoms with E-state index >= 15 is 0 Å². The number of rotatable bonds is 2. The predicted octanol–water partition coefficient (Wildman–Crippen LogP) is 3.45. The summed E-state index contributed by atoms with van der Waals surface area (Å²) < 4.78 is 5.59. The van der Waals surface area contributed by atoms with Gasteiger partial charge < -0.3 is 4.74 Å². The molecule has 0 aliphatic carbocycles. The van der Waals surface area contributed by atoms with Crippen molar-refractivity contribution in [2.24, 2.45) is 0 Å². The lowest BCUT2D eigenvalue weighted by atomic mass is 9.85. The number of benzene rings is 1. The van der Waals surface area contributed by atoms with Crippen LogP contribution in [-0.4, -0.2) is 17.1 Å². The van der Waals surface area contributed by atoms with Crippen LogP contribution >= 0.6 is 0 Å². The molecule has 2 rings (SSSR count). The van der Waals surface area contributed by atoms with Crippen molar-refractivity contribution >= 4 is 0 Å². The van der Waals surface area contributed by atoms with E-state index in [0.717, 1.165) is 17.0 Å². The van der Waals surface area contributed by atoms with Gasteiger partial charge in [0.05, 0.1) is 19.0 Å². The zero-order valence-electron chi connectivity index (χ0n) is 11.3. The maximum atomic E-state index is 5.59. The number of para-hydroxylation sites is 1. The molecular weight excluding hydrogens is 224 g/mol. The number of methoxy groups -OCH3 is 1. The lowest BCUT2D eigenvalue weighted by Crippen LogP contribution is -2.13. The summed E-state index contributed by atoms with van der Waals surface area (Å²) in [4.78, 5) is 8.45. The molecule has 1 aromatic carbocycles. The van der Waals surface area contributed by atoms with Crippen LogP contribution in [0.1, 0.15) is 26.3 Å². The Labute approximate surface area is 108 Å². The van der Waals surface area contributed by atoms with Gasteiger partial charge in [-0.2, -0.15) is 0 Å². The minimum Gasteiger partial charge on any atom is -0.496 e. The first-order chi connectivity index (χ1) is 8.54. The number of hydrogen-bond donors (Lipinski definition) is 0. The standard InChI is InChI=1S/C15H18N2O/c1-15(2,3)12-7-5-6-11(14(12)18-4)13-10-16-8-9-17-13/h5-10H,1-4H3. The monoisotopic (exact) mass is 242 g/mol. The molecule has 0 aliphatic rings. The molecule has 0 bridgehead atoms. The van der Waals surface area contributed by atoms with Crippen LogP contribution in [0.2, 0.25) is 0 Å². The van der Waals surface area contributed by atoms with Crippen molar-refractivity contribution in [3.05, 3.63) is 42.4 Å². The summed E-state index contributed by atoms with van der Waals surface area (Å²) in [5.74, 6) is 0.880. The van der Waals surface area contributed by atoms with Gasteiger partial charge in [0.2, 0.25) is 0 Å². The number of ether oxygens (including phenoxy) is 1. The molecule has 0 spiro atoms. The van der Waals surface area contributed by atoms with Gasteiger partial charge in [-0.05, 0) is 11.5 Å². The van der Waals surface area contributed by atoms with Gasteiger partial charge in [0.1, 0.15) is 5.75 Å². The molecule has 0 saturated heterocycles. The molecule has 0 fully saturated rings. The highest BCUT2D eigenvalue weighted by Crippen LogP contribution is 2.37. The van der Waals surface area contributed by atoms with Crippen LogP contribution in [0.25, 0.3) is 11.3 Å². The largest absolute Gasteiger partial charge is 0.496 e. The molecule has 0 amide bonds. The summed E-state index contributed by atoms with van der Waals surface area (Å²) in [6, 6.07) is 6.14. The van der Waals surface area contributed by atoms with E-state index in [9.17, 15) is 0 Å². The molecule has 18 heavy (non-hydrogen) atoms. The Balaban J connectivity index is 2.63. The molecule has 3 heteroatoms. The van der Waals surface area contributed by atoms with Crippen LogP contribution < -0.4 is 4.74 Å². The van der Waals surface area contributed by atoms with E-state index in [1.165, 1.54) is 5.56 Å². The topological polar surface area (TPSA) is 35.0 Å². The highest BCUT2D eigenvalue weighted by molar-refractivity contribution is 5.69. The molecule has 1 aromatic heterocycles.